The van der Waals surface area contributed by atoms with E-state index >= 15 is 0 Å². The molecule has 0 spiro atoms. The third kappa shape index (κ3) is 4.06. The second-order valence-electron chi connectivity index (χ2n) is 5.34. The zero-order valence-electron chi connectivity index (χ0n) is 11.2. The van der Waals surface area contributed by atoms with Gasteiger partial charge in [-0.15, -0.1) is 11.3 Å². The molecule has 1 aromatic heterocycles. The van der Waals surface area contributed by atoms with Crippen molar-refractivity contribution >= 4 is 33.0 Å². The fourth-order valence-corrected chi connectivity index (χ4v) is 3.40. The lowest BCUT2D eigenvalue weighted by molar-refractivity contribution is 0.470. The highest BCUT2D eigenvalue weighted by molar-refractivity contribution is 9.10. The van der Waals surface area contributed by atoms with E-state index in [0.717, 1.165) is 23.2 Å². The van der Waals surface area contributed by atoms with Crippen molar-refractivity contribution in [3.63, 3.8) is 0 Å². The van der Waals surface area contributed by atoms with E-state index in [1.165, 1.54) is 10.4 Å². The Morgan fingerprint density at radius 3 is 2.53 bits per heavy atom. The van der Waals surface area contributed by atoms with Crippen LogP contribution in [0.4, 0.5) is 5.69 Å². The maximum absolute atomic E-state index is 5.73. The fourth-order valence-electron chi connectivity index (χ4n) is 1.98. The number of halogens is 1. The van der Waals surface area contributed by atoms with Gasteiger partial charge in [0.1, 0.15) is 0 Å². The van der Waals surface area contributed by atoms with Crippen LogP contribution >= 0.6 is 27.3 Å². The molecule has 0 unspecified atom stereocenters. The van der Waals surface area contributed by atoms with Gasteiger partial charge in [-0.25, -0.2) is 0 Å². The molecule has 0 aliphatic rings. The van der Waals surface area contributed by atoms with Crippen LogP contribution in [0.1, 0.15) is 24.3 Å². The van der Waals surface area contributed by atoms with Crippen LogP contribution in [-0.2, 0) is 12.0 Å². The van der Waals surface area contributed by atoms with E-state index in [1.807, 2.05) is 12.1 Å². The molecule has 0 amide bonds. The van der Waals surface area contributed by atoms with Crippen LogP contribution in [0, 0.1) is 0 Å². The van der Waals surface area contributed by atoms with E-state index in [0.29, 0.717) is 0 Å². The van der Waals surface area contributed by atoms with Crippen molar-refractivity contribution in [3.8, 4) is 0 Å². The standard InChI is InChI=1S/C15H19BrN2S/c1-15(2,11-3-5-13(17)6-4-11)10-18-8-14-7-12(16)9-19-14/h3-7,9,18H,8,10,17H2,1-2H3. The van der Waals surface area contributed by atoms with E-state index in [2.05, 4.69) is 58.7 Å². The molecule has 4 heteroatoms. The number of benzene rings is 1. The van der Waals surface area contributed by atoms with Crippen molar-refractivity contribution < 1.29 is 0 Å². The quantitative estimate of drug-likeness (QED) is 0.803. The van der Waals surface area contributed by atoms with Gasteiger partial charge in [0, 0.05) is 38.9 Å². The van der Waals surface area contributed by atoms with Crippen molar-refractivity contribution in [2.45, 2.75) is 25.8 Å². The van der Waals surface area contributed by atoms with Gasteiger partial charge in [0.05, 0.1) is 0 Å². The topological polar surface area (TPSA) is 38.0 Å². The van der Waals surface area contributed by atoms with E-state index < -0.39 is 0 Å². The van der Waals surface area contributed by atoms with Crippen molar-refractivity contribution in [3.05, 3.63) is 50.6 Å². The predicted octanol–water partition coefficient (Wildman–Crippen LogP) is 4.16. The Hall–Kier alpha value is -0.840. The van der Waals surface area contributed by atoms with Crippen LogP contribution in [0.3, 0.4) is 0 Å². The SMILES string of the molecule is CC(C)(CNCc1cc(Br)cs1)c1ccc(N)cc1. The number of thiophene rings is 1. The molecule has 1 aromatic carbocycles. The lowest BCUT2D eigenvalue weighted by Crippen LogP contribution is -2.32. The number of hydrogen-bond donors (Lipinski definition) is 2. The summed E-state index contributed by atoms with van der Waals surface area (Å²) < 4.78 is 1.16. The van der Waals surface area contributed by atoms with Gasteiger partial charge in [-0.1, -0.05) is 26.0 Å². The van der Waals surface area contributed by atoms with Crippen LogP contribution in [0.25, 0.3) is 0 Å². The first-order valence-corrected chi connectivity index (χ1v) is 7.94. The van der Waals surface area contributed by atoms with Gasteiger partial charge in [-0.2, -0.15) is 0 Å². The number of rotatable bonds is 5. The summed E-state index contributed by atoms with van der Waals surface area (Å²) in [5.41, 5.74) is 7.95. The Morgan fingerprint density at radius 2 is 1.95 bits per heavy atom. The normalized spacial score (nSPS) is 11.7. The third-order valence-electron chi connectivity index (χ3n) is 3.18. The van der Waals surface area contributed by atoms with Crippen molar-refractivity contribution in [2.75, 3.05) is 12.3 Å². The molecule has 2 rings (SSSR count). The molecular weight excluding hydrogens is 320 g/mol. The molecule has 0 fully saturated rings. The molecule has 0 radical (unpaired) electrons. The first-order chi connectivity index (χ1) is 8.97. The maximum atomic E-state index is 5.73. The van der Waals surface area contributed by atoms with Crippen LogP contribution in [-0.4, -0.2) is 6.54 Å². The Kier molecular flexibility index (Phi) is 4.66. The molecule has 0 aliphatic heterocycles. The van der Waals surface area contributed by atoms with E-state index in [-0.39, 0.29) is 5.41 Å². The predicted molar refractivity (Wildman–Crippen MR) is 87.6 cm³/mol. The van der Waals surface area contributed by atoms with Crippen LogP contribution in [0.5, 0.6) is 0 Å². The Labute approximate surface area is 127 Å². The molecule has 2 nitrogen and oxygen atoms in total. The van der Waals surface area contributed by atoms with Gasteiger partial charge in [0.2, 0.25) is 0 Å². The minimum absolute atomic E-state index is 0.0994. The minimum atomic E-state index is 0.0994. The minimum Gasteiger partial charge on any atom is -0.399 e. The molecule has 2 aromatic rings. The number of anilines is 1. The van der Waals surface area contributed by atoms with Crippen molar-refractivity contribution in [1.29, 1.82) is 0 Å². The number of nitrogens with one attached hydrogen (secondary N) is 1. The number of hydrogen-bond acceptors (Lipinski definition) is 3. The average molecular weight is 339 g/mol. The van der Waals surface area contributed by atoms with Crippen LogP contribution in [0.15, 0.2) is 40.2 Å². The van der Waals surface area contributed by atoms with Gasteiger partial charge in [-0.3, -0.25) is 0 Å². The maximum Gasteiger partial charge on any atom is 0.0314 e. The highest BCUT2D eigenvalue weighted by Gasteiger charge is 2.19. The molecule has 0 bridgehead atoms. The lowest BCUT2D eigenvalue weighted by Gasteiger charge is -2.25. The van der Waals surface area contributed by atoms with E-state index in [1.54, 1.807) is 11.3 Å². The van der Waals surface area contributed by atoms with E-state index in [4.69, 9.17) is 5.73 Å². The zero-order valence-corrected chi connectivity index (χ0v) is 13.6. The smallest absolute Gasteiger partial charge is 0.0314 e. The first-order valence-electron chi connectivity index (χ1n) is 6.27. The van der Waals surface area contributed by atoms with E-state index in [9.17, 15) is 0 Å². The van der Waals surface area contributed by atoms with Gasteiger partial charge in [0.25, 0.3) is 0 Å². The highest BCUT2D eigenvalue weighted by Crippen LogP contribution is 2.24. The number of nitrogen functional groups attached to an aromatic ring is 1. The monoisotopic (exact) mass is 338 g/mol. The van der Waals surface area contributed by atoms with Crippen LogP contribution < -0.4 is 11.1 Å². The highest BCUT2D eigenvalue weighted by atomic mass is 79.9. The number of nitrogens with two attached hydrogens (primary N) is 1. The Balaban J connectivity index is 1.92. The average Bonchev–Trinajstić information content (AvgIpc) is 2.75. The summed E-state index contributed by atoms with van der Waals surface area (Å²) in [4.78, 5) is 1.35. The van der Waals surface area contributed by atoms with Gasteiger partial charge in [-0.05, 0) is 39.7 Å². The summed E-state index contributed by atoms with van der Waals surface area (Å²) in [7, 11) is 0. The molecule has 3 N–H and O–H groups in total. The Bertz CT molecular complexity index is 531. The summed E-state index contributed by atoms with van der Waals surface area (Å²) in [5.74, 6) is 0. The van der Waals surface area contributed by atoms with Crippen LogP contribution in [0.2, 0.25) is 0 Å². The molecule has 0 atom stereocenters. The summed E-state index contributed by atoms with van der Waals surface area (Å²) in [5, 5.41) is 5.64. The fraction of sp³-hybridized carbons (Fsp3) is 0.333. The summed E-state index contributed by atoms with van der Waals surface area (Å²) in [6.07, 6.45) is 0. The second kappa shape index (κ2) is 6.07. The summed E-state index contributed by atoms with van der Waals surface area (Å²) >= 11 is 5.25. The molecule has 102 valence electrons. The molecule has 0 saturated heterocycles. The van der Waals surface area contributed by atoms with Gasteiger partial charge >= 0.3 is 0 Å². The zero-order chi connectivity index (χ0) is 13.9. The molecule has 1 heterocycles. The third-order valence-corrected chi connectivity index (χ3v) is 4.88. The Morgan fingerprint density at radius 1 is 1.26 bits per heavy atom. The van der Waals surface area contributed by atoms with Gasteiger partial charge < -0.3 is 11.1 Å². The van der Waals surface area contributed by atoms with Gasteiger partial charge in [0.15, 0.2) is 0 Å². The molecule has 19 heavy (non-hydrogen) atoms. The van der Waals surface area contributed by atoms with Crippen molar-refractivity contribution in [2.24, 2.45) is 0 Å². The summed E-state index contributed by atoms with van der Waals surface area (Å²) in [6.45, 7) is 6.34. The second-order valence-corrected chi connectivity index (χ2v) is 7.25. The van der Waals surface area contributed by atoms with Crippen molar-refractivity contribution in [1.82, 2.24) is 5.32 Å². The summed E-state index contributed by atoms with van der Waals surface area (Å²) in [6, 6.07) is 10.3. The lowest BCUT2D eigenvalue weighted by atomic mass is 9.84. The largest absolute Gasteiger partial charge is 0.399 e. The molecular formula is C15H19BrN2S. The molecule has 0 aliphatic carbocycles. The first kappa shape index (κ1) is 14.6. The molecule has 0 saturated carbocycles.